The Kier molecular flexibility index (Phi) is 5.47. The molecule has 28 heavy (non-hydrogen) atoms. The molecule has 0 radical (unpaired) electrons. The molecule has 1 saturated heterocycles. The lowest BCUT2D eigenvalue weighted by Crippen LogP contribution is -2.40. The van der Waals surface area contributed by atoms with Gasteiger partial charge in [-0.1, -0.05) is 0 Å². The summed E-state index contributed by atoms with van der Waals surface area (Å²) in [7, 11) is 0. The van der Waals surface area contributed by atoms with Gasteiger partial charge in [-0.15, -0.1) is 0 Å². The Hall–Kier alpha value is -2.24. The number of benzene rings is 1. The maximum Gasteiger partial charge on any atom is 0.410 e. The van der Waals surface area contributed by atoms with E-state index >= 15 is 0 Å². The van der Waals surface area contributed by atoms with E-state index in [1.165, 1.54) is 12.8 Å². The van der Waals surface area contributed by atoms with Gasteiger partial charge in [0, 0.05) is 13.1 Å². The van der Waals surface area contributed by atoms with E-state index in [0.29, 0.717) is 0 Å². The first-order valence-corrected chi connectivity index (χ1v) is 10.5. The lowest BCUT2D eigenvalue weighted by Gasteiger charge is -2.32. The van der Waals surface area contributed by atoms with Crippen LogP contribution in [0.1, 0.15) is 45.4 Å². The lowest BCUT2D eigenvalue weighted by molar-refractivity contribution is 0.0473. The summed E-state index contributed by atoms with van der Waals surface area (Å²) in [5.74, 6) is 3.21. The smallest absolute Gasteiger partial charge is 0.410 e. The van der Waals surface area contributed by atoms with E-state index in [1.807, 2.05) is 36.1 Å². The van der Waals surface area contributed by atoms with Crippen molar-refractivity contribution in [2.75, 3.05) is 19.7 Å². The van der Waals surface area contributed by atoms with Crippen LogP contribution in [0.25, 0.3) is 0 Å². The van der Waals surface area contributed by atoms with Gasteiger partial charge in [0.05, 0.1) is 18.6 Å². The topological polar surface area (TPSA) is 77.1 Å². The van der Waals surface area contributed by atoms with Gasteiger partial charge in [-0.3, -0.25) is 0 Å². The van der Waals surface area contributed by atoms with Crippen LogP contribution in [0.15, 0.2) is 29.3 Å². The third-order valence-electron chi connectivity index (χ3n) is 6.49. The molecule has 3 aliphatic rings. The average molecular weight is 386 g/mol. The van der Waals surface area contributed by atoms with E-state index in [0.717, 1.165) is 81.0 Å². The molecule has 2 aliphatic carbocycles. The monoisotopic (exact) mass is 385 g/mol. The Morgan fingerprint density at radius 2 is 2.00 bits per heavy atom. The highest BCUT2D eigenvalue weighted by Crippen LogP contribution is 2.50. The van der Waals surface area contributed by atoms with E-state index in [9.17, 15) is 4.79 Å². The first kappa shape index (κ1) is 19.1. The third-order valence-corrected chi connectivity index (χ3v) is 6.49. The first-order valence-electron chi connectivity index (χ1n) is 10.5. The molecular formula is C22H31N3O3. The summed E-state index contributed by atoms with van der Waals surface area (Å²) in [5.41, 5.74) is 5.95. The van der Waals surface area contributed by atoms with Crippen LogP contribution in [0.2, 0.25) is 0 Å². The molecule has 2 saturated carbocycles. The molecule has 2 N–H and O–H groups in total. The van der Waals surface area contributed by atoms with Crippen molar-refractivity contribution in [1.82, 2.24) is 4.90 Å². The summed E-state index contributed by atoms with van der Waals surface area (Å²) in [6.45, 7) is 4.47. The van der Waals surface area contributed by atoms with Gasteiger partial charge >= 0.3 is 6.09 Å². The van der Waals surface area contributed by atoms with Crippen LogP contribution in [0, 0.1) is 17.8 Å². The number of piperidine rings is 1. The zero-order chi connectivity index (χ0) is 19.6. The van der Waals surface area contributed by atoms with Crippen LogP contribution < -0.4 is 10.5 Å². The van der Waals surface area contributed by atoms with Crippen molar-refractivity contribution in [2.24, 2.45) is 28.5 Å². The quantitative estimate of drug-likeness (QED) is 0.566. The van der Waals surface area contributed by atoms with Crippen molar-refractivity contribution < 1.29 is 14.3 Å². The van der Waals surface area contributed by atoms with Crippen LogP contribution in [0.4, 0.5) is 10.5 Å². The highest BCUT2D eigenvalue weighted by atomic mass is 16.6. The number of rotatable bonds is 7. The molecule has 0 unspecified atom stereocenters. The van der Waals surface area contributed by atoms with Crippen LogP contribution in [-0.2, 0) is 4.74 Å². The Morgan fingerprint density at radius 3 is 2.64 bits per heavy atom. The minimum Gasteiger partial charge on any atom is -0.494 e. The second-order valence-electron chi connectivity index (χ2n) is 8.71. The molecule has 152 valence electrons. The van der Waals surface area contributed by atoms with E-state index in [1.54, 1.807) is 0 Å². The molecule has 6 nitrogen and oxygen atoms in total. The molecule has 0 spiro atoms. The van der Waals surface area contributed by atoms with Gasteiger partial charge in [0.25, 0.3) is 0 Å². The van der Waals surface area contributed by atoms with Crippen molar-refractivity contribution >= 4 is 18.1 Å². The number of nitrogens with two attached hydrogens (primary N) is 1. The fourth-order valence-corrected chi connectivity index (χ4v) is 4.29. The van der Waals surface area contributed by atoms with Crippen molar-refractivity contribution in [3.05, 3.63) is 24.3 Å². The van der Waals surface area contributed by atoms with Crippen molar-refractivity contribution in [3.8, 4) is 5.75 Å². The average Bonchev–Trinajstić information content (AvgIpc) is 3.62. The zero-order valence-corrected chi connectivity index (χ0v) is 16.7. The molecule has 1 aromatic rings. The minimum atomic E-state index is -0.173. The van der Waals surface area contributed by atoms with Crippen molar-refractivity contribution in [2.45, 2.75) is 51.0 Å². The van der Waals surface area contributed by atoms with Gasteiger partial charge in [-0.25, -0.2) is 9.79 Å². The first-order chi connectivity index (χ1) is 13.6. The molecule has 1 amide bonds. The SMILES string of the molecule is CC1(OC(=O)N2CCC([C@H]3C[C@H]3CCOc3ccc(N=CN)cc3)CC2)CC1. The van der Waals surface area contributed by atoms with Gasteiger partial charge in [0.1, 0.15) is 11.4 Å². The summed E-state index contributed by atoms with van der Waals surface area (Å²) in [4.78, 5) is 18.1. The molecule has 3 fully saturated rings. The molecule has 4 rings (SSSR count). The number of amides is 1. The second-order valence-corrected chi connectivity index (χ2v) is 8.71. The normalized spacial score (nSPS) is 26.2. The van der Waals surface area contributed by atoms with Gasteiger partial charge in [-0.2, -0.15) is 0 Å². The van der Waals surface area contributed by atoms with Crippen molar-refractivity contribution in [3.63, 3.8) is 0 Å². The standard InChI is InChI=1S/C22H31N3O3/c1-22(9-10-22)28-21(26)25-11-6-16(7-12-25)20-14-17(20)8-13-27-19-4-2-18(3-5-19)24-15-23/h2-5,15-17,20H,6-14H2,1H3,(H2,23,24)/t17-,20-/m1/s1. The number of likely N-dealkylation sites (tertiary alicyclic amines) is 1. The summed E-state index contributed by atoms with van der Waals surface area (Å²) in [5, 5.41) is 0. The second kappa shape index (κ2) is 8.02. The highest BCUT2D eigenvalue weighted by Gasteiger charge is 2.45. The molecule has 1 aliphatic heterocycles. The van der Waals surface area contributed by atoms with Gasteiger partial charge < -0.3 is 20.1 Å². The van der Waals surface area contributed by atoms with Gasteiger partial charge in [-0.05, 0) is 87.5 Å². The largest absolute Gasteiger partial charge is 0.494 e. The van der Waals surface area contributed by atoms with Crippen LogP contribution in [0.3, 0.4) is 0 Å². The molecule has 1 aromatic carbocycles. The molecule has 0 bridgehead atoms. The number of nitrogens with zero attached hydrogens (tertiary/aromatic N) is 2. The minimum absolute atomic E-state index is 0.109. The van der Waals surface area contributed by atoms with E-state index in [-0.39, 0.29) is 11.7 Å². The van der Waals surface area contributed by atoms with E-state index < -0.39 is 0 Å². The van der Waals surface area contributed by atoms with Crippen molar-refractivity contribution in [1.29, 1.82) is 0 Å². The molecular weight excluding hydrogens is 354 g/mol. The van der Waals surface area contributed by atoms with E-state index in [4.69, 9.17) is 15.2 Å². The fraction of sp³-hybridized carbons (Fsp3) is 0.636. The predicted molar refractivity (Wildman–Crippen MR) is 109 cm³/mol. The predicted octanol–water partition coefficient (Wildman–Crippen LogP) is 4.11. The summed E-state index contributed by atoms with van der Waals surface area (Å²) < 4.78 is 11.5. The number of hydrogen-bond acceptors (Lipinski definition) is 4. The van der Waals surface area contributed by atoms with Crippen LogP contribution in [-0.4, -0.2) is 42.6 Å². The summed E-state index contributed by atoms with van der Waals surface area (Å²) in [6, 6.07) is 7.68. The number of hydrogen-bond donors (Lipinski definition) is 1. The number of carbonyl (C=O) groups excluding carboxylic acids is 1. The Balaban J connectivity index is 1.13. The lowest BCUT2D eigenvalue weighted by atomic mass is 9.91. The number of carbonyl (C=O) groups is 1. The summed E-state index contributed by atoms with van der Waals surface area (Å²) >= 11 is 0. The maximum atomic E-state index is 12.2. The maximum absolute atomic E-state index is 12.2. The molecule has 1 heterocycles. The van der Waals surface area contributed by atoms with E-state index in [2.05, 4.69) is 4.99 Å². The van der Waals surface area contributed by atoms with Crippen LogP contribution in [0.5, 0.6) is 5.75 Å². The van der Waals surface area contributed by atoms with Gasteiger partial charge in [0.15, 0.2) is 0 Å². The van der Waals surface area contributed by atoms with Crippen LogP contribution >= 0.6 is 0 Å². The molecule has 0 aromatic heterocycles. The zero-order valence-electron chi connectivity index (χ0n) is 16.7. The fourth-order valence-electron chi connectivity index (χ4n) is 4.29. The Labute approximate surface area is 167 Å². The van der Waals surface area contributed by atoms with Gasteiger partial charge in [0.2, 0.25) is 0 Å². The third kappa shape index (κ3) is 4.78. The Morgan fingerprint density at radius 1 is 1.29 bits per heavy atom. The highest BCUT2D eigenvalue weighted by molar-refractivity contribution is 5.68. The Bertz CT molecular complexity index is 706. The number of aliphatic imine (C=N–C) groups is 1. The summed E-state index contributed by atoms with van der Waals surface area (Å²) in [6.07, 6.45) is 7.83. The molecule has 2 atom stereocenters. The number of ether oxygens (including phenoxy) is 2. The molecule has 6 heteroatoms.